The van der Waals surface area contributed by atoms with Gasteiger partial charge in [0.2, 0.25) is 5.91 Å². The van der Waals surface area contributed by atoms with Crippen LogP contribution in [-0.4, -0.2) is 5.91 Å². The van der Waals surface area contributed by atoms with E-state index in [0.717, 1.165) is 6.07 Å². The first-order valence-corrected chi connectivity index (χ1v) is 4.18. The van der Waals surface area contributed by atoms with Gasteiger partial charge >= 0.3 is 0 Å². The monoisotopic (exact) mass is 221 g/mol. The SMILES string of the molecule is CC(=O)Nc1c(F)cc(Cl)cc1Cl. The molecule has 0 aliphatic heterocycles. The number of anilines is 1. The lowest BCUT2D eigenvalue weighted by Crippen LogP contribution is -2.07. The zero-order chi connectivity index (χ0) is 10.0. The van der Waals surface area contributed by atoms with E-state index in [4.69, 9.17) is 23.2 Å². The molecule has 13 heavy (non-hydrogen) atoms. The summed E-state index contributed by atoms with van der Waals surface area (Å²) in [5, 5.41) is 2.54. The van der Waals surface area contributed by atoms with Crippen molar-refractivity contribution in [1.29, 1.82) is 0 Å². The molecule has 0 radical (unpaired) electrons. The minimum atomic E-state index is -0.646. The molecule has 0 aromatic heterocycles. The number of hydrogen-bond acceptors (Lipinski definition) is 1. The molecule has 0 spiro atoms. The molecule has 0 fully saturated rings. The largest absolute Gasteiger partial charge is 0.323 e. The Morgan fingerprint density at radius 2 is 2.08 bits per heavy atom. The zero-order valence-electron chi connectivity index (χ0n) is 6.70. The highest BCUT2D eigenvalue weighted by Crippen LogP contribution is 2.28. The molecular formula is C8H6Cl2FNO. The second kappa shape index (κ2) is 3.94. The van der Waals surface area contributed by atoms with E-state index in [1.54, 1.807) is 0 Å². The molecule has 0 bridgehead atoms. The van der Waals surface area contributed by atoms with Gasteiger partial charge in [0.25, 0.3) is 0 Å². The van der Waals surface area contributed by atoms with Crippen LogP contribution in [0.15, 0.2) is 12.1 Å². The molecule has 0 saturated heterocycles. The lowest BCUT2D eigenvalue weighted by molar-refractivity contribution is -0.114. The summed E-state index contributed by atoms with van der Waals surface area (Å²) < 4.78 is 13.1. The minimum Gasteiger partial charge on any atom is -0.323 e. The average molecular weight is 222 g/mol. The van der Waals surface area contributed by atoms with E-state index in [0.29, 0.717) is 0 Å². The quantitative estimate of drug-likeness (QED) is 0.777. The van der Waals surface area contributed by atoms with Gasteiger partial charge in [-0.3, -0.25) is 4.79 Å². The number of nitrogens with one attached hydrogen (secondary N) is 1. The van der Waals surface area contributed by atoms with Gasteiger partial charge < -0.3 is 5.32 Å². The number of halogens is 3. The maximum Gasteiger partial charge on any atom is 0.221 e. The summed E-state index contributed by atoms with van der Waals surface area (Å²) in [5.41, 5.74) is -0.0430. The summed E-state index contributed by atoms with van der Waals surface area (Å²) in [7, 11) is 0. The molecular weight excluding hydrogens is 216 g/mol. The smallest absolute Gasteiger partial charge is 0.221 e. The number of amides is 1. The second-order valence-electron chi connectivity index (χ2n) is 2.43. The first-order valence-electron chi connectivity index (χ1n) is 3.43. The topological polar surface area (TPSA) is 29.1 Å². The van der Waals surface area contributed by atoms with E-state index < -0.39 is 5.82 Å². The van der Waals surface area contributed by atoms with Crippen molar-refractivity contribution in [2.75, 3.05) is 5.32 Å². The Morgan fingerprint density at radius 3 is 2.54 bits per heavy atom. The highest BCUT2D eigenvalue weighted by molar-refractivity contribution is 6.36. The van der Waals surface area contributed by atoms with Gasteiger partial charge in [-0.2, -0.15) is 0 Å². The summed E-state index contributed by atoms with van der Waals surface area (Å²) in [4.78, 5) is 10.6. The fourth-order valence-electron chi connectivity index (χ4n) is 0.838. The summed E-state index contributed by atoms with van der Waals surface area (Å²) in [6.07, 6.45) is 0. The second-order valence-corrected chi connectivity index (χ2v) is 3.27. The van der Waals surface area contributed by atoms with E-state index in [2.05, 4.69) is 5.32 Å². The van der Waals surface area contributed by atoms with Crippen LogP contribution in [0.25, 0.3) is 0 Å². The Hall–Kier alpha value is -0.800. The molecule has 0 aliphatic carbocycles. The standard InChI is InChI=1S/C8H6Cl2FNO/c1-4(13)12-8-6(10)2-5(9)3-7(8)11/h2-3H,1H3,(H,12,13). The maximum atomic E-state index is 13.1. The Morgan fingerprint density at radius 1 is 1.46 bits per heavy atom. The number of benzene rings is 1. The van der Waals surface area contributed by atoms with Gasteiger partial charge in [0.15, 0.2) is 0 Å². The van der Waals surface area contributed by atoms with Gasteiger partial charge in [0, 0.05) is 11.9 Å². The Labute approximate surface area is 84.6 Å². The van der Waals surface area contributed by atoms with Crippen LogP contribution in [0, 0.1) is 5.82 Å². The predicted octanol–water partition coefficient (Wildman–Crippen LogP) is 3.09. The lowest BCUT2D eigenvalue weighted by Gasteiger charge is -2.06. The van der Waals surface area contributed by atoms with Crippen molar-refractivity contribution in [1.82, 2.24) is 0 Å². The molecule has 1 N–H and O–H groups in total. The third kappa shape index (κ3) is 2.57. The number of hydrogen-bond donors (Lipinski definition) is 1. The molecule has 0 unspecified atom stereocenters. The third-order valence-electron chi connectivity index (χ3n) is 1.31. The van der Waals surface area contributed by atoms with Gasteiger partial charge in [-0.25, -0.2) is 4.39 Å². The van der Waals surface area contributed by atoms with Gasteiger partial charge in [-0.05, 0) is 12.1 Å². The van der Waals surface area contributed by atoms with Crippen LogP contribution in [0.3, 0.4) is 0 Å². The van der Waals surface area contributed by atoms with E-state index in [-0.39, 0.29) is 21.6 Å². The van der Waals surface area contributed by atoms with E-state index in [1.165, 1.54) is 13.0 Å². The fraction of sp³-hybridized carbons (Fsp3) is 0.125. The summed E-state index contributed by atoms with van der Waals surface area (Å²) >= 11 is 11.2. The van der Waals surface area contributed by atoms with Gasteiger partial charge in [-0.1, -0.05) is 23.2 Å². The van der Waals surface area contributed by atoms with Crippen LogP contribution in [0.1, 0.15) is 6.92 Å². The zero-order valence-corrected chi connectivity index (χ0v) is 8.21. The first-order chi connectivity index (χ1) is 6.00. The van der Waals surface area contributed by atoms with Crippen molar-refractivity contribution in [3.8, 4) is 0 Å². The Balaban J connectivity index is 3.13. The molecule has 2 nitrogen and oxygen atoms in total. The summed E-state index contributed by atoms with van der Waals surface area (Å²) in [6.45, 7) is 1.27. The van der Waals surface area contributed by atoms with Gasteiger partial charge in [0.05, 0.1) is 10.7 Å². The van der Waals surface area contributed by atoms with Crippen molar-refractivity contribution in [3.05, 3.63) is 28.0 Å². The molecule has 1 aromatic carbocycles. The molecule has 0 aliphatic rings. The first kappa shape index (κ1) is 10.3. The van der Waals surface area contributed by atoms with Gasteiger partial charge in [-0.15, -0.1) is 0 Å². The molecule has 1 amide bonds. The molecule has 0 atom stereocenters. The van der Waals surface area contributed by atoms with Crippen molar-refractivity contribution in [2.45, 2.75) is 6.92 Å². The Bertz CT molecular complexity index is 331. The van der Waals surface area contributed by atoms with Crippen LogP contribution in [0.2, 0.25) is 10.0 Å². The van der Waals surface area contributed by atoms with Crippen LogP contribution < -0.4 is 5.32 Å². The third-order valence-corrected chi connectivity index (χ3v) is 1.82. The van der Waals surface area contributed by atoms with E-state index in [9.17, 15) is 9.18 Å². The highest BCUT2D eigenvalue weighted by atomic mass is 35.5. The molecule has 1 rings (SSSR count). The summed E-state index contributed by atoms with van der Waals surface area (Å²) in [6, 6.07) is 2.44. The van der Waals surface area contributed by atoms with E-state index >= 15 is 0 Å². The van der Waals surface area contributed by atoms with Gasteiger partial charge in [0.1, 0.15) is 5.82 Å². The van der Waals surface area contributed by atoms with Crippen molar-refractivity contribution < 1.29 is 9.18 Å². The molecule has 5 heteroatoms. The molecule has 70 valence electrons. The van der Waals surface area contributed by atoms with Crippen molar-refractivity contribution in [3.63, 3.8) is 0 Å². The van der Waals surface area contributed by atoms with Crippen LogP contribution in [0.5, 0.6) is 0 Å². The number of carbonyl (C=O) groups excluding carboxylic acids is 1. The van der Waals surface area contributed by atoms with E-state index in [1.807, 2.05) is 0 Å². The predicted molar refractivity (Wildman–Crippen MR) is 50.7 cm³/mol. The normalized spacial score (nSPS) is 9.85. The Kier molecular flexibility index (Phi) is 3.12. The molecule has 1 aromatic rings. The van der Waals surface area contributed by atoms with Crippen LogP contribution in [0.4, 0.5) is 10.1 Å². The van der Waals surface area contributed by atoms with Crippen molar-refractivity contribution >= 4 is 34.8 Å². The number of carbonyl (C=O) groups is 1. The molecule has 0 saturated carbocycles. The van der Waals surface area contributed by atoms with Crippen LogP contribution >= 0.6 is 23.2 Å². The van der Waals surface area contributed by atoms with Crippen molar-refractivity contribution in [2.24, 2.45) is 0 Å². The van der Waals surface area contributed by atoms with Crippen LogP contribution in [-0.2, 0) is 4.79 Å². The maximum absolute atomic E-state index is 13.1. The lowest BCUT2D eigenvalue weighted by atomic mass is 10.3. The highest BCUT2D eigenvalue weighted by Gasteiger charge is 2.09. The fourth-order valence-corrected chi connectivity index (χ4v) is 1.35. The number of rotatable bonds is 1. The summed E-state index contributed by atoms with van der Waals surface area (Å²) in [5.74, 6) is -1.03. The average Bonchev–Trinajstić information content (AvgIpc) is 1.96. The molecule has 0 heterocycles. The minimum absolute atomic E-state index is 0.0430.